The van der Waals surface area contributed by atoms with Gasteiger partial charge in [0.15, 0.2) is 0 Å². The Morgan fingerprint density at radius 3 is 2.70 bits per heavy atom. The number of sulfonamides is 1. The summed E-state index contributed by atoms with van der Waals surface area (Å²) in [5.74, 6) is 1.38. The fourth-order valence-corrected chi connectivity index (χ4v) is 3.23. The molecule has 0 saturated heterocycles. The molecule has 7 heteroatoms. The number of nitrogens with one attached hydrogen (secondary N) is 2. The number of amidine groups is 1. The van der Waals surface area contributed by atoms with Crippen LogP contribution in [-0.4, -0.2) is 33.9 Å². The molecule has 23 heavy (non-hydrogen) atoms. The van der Waals surface area contributed by atoms with Gasteiger partial charge in [0.2, 0.25) is 0 Å². The lowest BCUT2D eigenvalue weighted by molar-refractivity contribution is 0.374. The molecular formula is C16H17N3O3S. The largest absolute Gasteiger partial charge is 0.486 e. The molecule has 0 aromatic heterocycles. The molecule has 0 aliphatic carbocycles. The maximum absolute atomic E-state index is 12.3. The Labute approximate surface area is 135 Å². The van der Waals surface area contributed by atoms with Gasteiger partial charge in [0.1, 0.15) is 18.2 Å². The van der Waals surface area contributed by atoms with Crippen LogP contribution in [0.25, 0.3) is 0 Å². The van der Waals surface area contributed by atoms with Crippen LogP contribution in [0.5, 0.6) is 5.75 Å². The quantitative estimate of drug-likeness (QED) is 0.847. The summed E-state index contributed by atoms with van der Waals surface area (Å²) < 4.78 is 32.8. The molecule has 0 fully saturated rings. The van der Waals surface area contributed by atoms with Crippen LogP contribution in [0.3, 0.4) is 0 Å². The molecule has 2 aromatic carbocycles. The molecule has 0 saturated carbocycles. The molecule has 0 radical (unpaired) electrons. The number of nitrogens with zero attached hydrogens (tertiary/aromatic N) is 1. The third-order valence-corrected chi connectivity index (χ3v) is 4.66. The van der Waals surface area contributed by atoms with E-state index in [1.807, 2.05) is 0 Å². The number of rotatable bonds is 6. The van der Waals surface area contributed by atoms with Crippen LogP contribution >= 0.6 is 0 Å². The van der Waals surface area contributed by atoms with Crippen LogP contribution in [0.2, 0.25) is 0 Å². The van der Waals surface area contributed by atoms with E-state index in [-0.39, 0.29) is 4.90 Å². The van der Waals surface area contributed by atoms with E-state index in [0.717, 1.165) is 18.9 Å². The predicted molar refractivity (Wildman–Crippen MR) is 89.5 cm³/mol. The van der Waals surface area contributed by atoms with Gasteiger partial charge < -0.3 is 10.1 Å². The first kappa shape index (κ1) is 15.4. The Morgan fingerprint density at radius 2 is 1.96 bits per heavy atom. The van der Waals surface area contributed by atoms with Gasteiger partial charge in [-0.15, -0.1) is 0 Å². The molecular weight excluding hydrogens is 314 g/mol. The molecule has 2 N–H and O–H groups in total. The highest BCUT2D eigenvalue weighted by molar-refractivity contribution is 7.92. The third kappa shape index (κ3) is 4.01. The van der Waals surface area contributed by atoms with Gasteiger partial charge in [-0.3, -0.25) is 9.71 Å². The van der Waals surface area contributed by atoms with Crippen LogP contribution in [0.4, 0.5) is 5.69 Å². The van der Waals surface area contributed by atoms with Crippen molar-refractivity contribution in [2.45, 2.75) is 4.90 Å². The van der Waals surface area contributed by atoms with Gasteiger partial charge in [-0.2, -0.15) is 0 Å². The molecule has 0 amide bonds. The molecule has 2 aromatic rings. The zero-order valence-electron chi connectivity index (χ0n) is 12.4. The van der Waals surface area contributed by atoms with E-state index >= 15 is 0 Å². The Bertz CT molecular complexity index is 804. The summed E-state index contributed by atoms with van der Waals surface area (Å²) in [6, 6.07) is 15.1. The van der Waals surface area contributed by atoms with E-state index in [4.69, 9.17) is 4.74 Å². The van der Waals surface area contributed by atoms with Crippen LogP contribution < -0.4 is 14.8 Å². The number of benzene rings is 2. The summed E-state index contributed by atoms with van der Waals surface area (Å²) in [7, 11) is -3.60. The van der Waals surface area contributed by atoms with E-state index in [9.17, 15) is 8.42 Å². The first-order chi connectivity index (χ1) is 11.1. The highest BCUT2D eigenvalue weighted by Gasteiger charge is 2.13. The summed E-state index contributed by atoms with van der Waals surface area (Å²) in [5, 5.41) is 3.11. The summed E-state index contributed by atoms with van der Waals surface area (Å²) in [6.07, 6.45) is 0. The highest BCUT2D eigenvalue weighted by Crippen LogP contribution is 2.20. The second-order valence-electron chi connectivity index (χ2n) is 4.99. The molecule has 6 nitrogen and oxygen atoms in total. The monoisotopic (exact) mass is 331 g/mol. The van der Waals surface area contributed by atoms with Gasteiger partial charge in [0.25, 0.3) is 10.0 Å². The zero-order valence-corrected chi connectivity index (χ0v) is 13.2. The molecule has 1 aliphatic rings. The van der Waals surface area contributed by atoms with Gasteiger partial charge in [-0.1, -0.05) is 24.3 Å². The molecule has 1 aliphatic heterocycles. The van der Waals surface area contributed by atoms with E-state index in [2.05, 4.69) is 15.0 Å². The van der Waals surface area contributed by atoms with Crippen molar-refractivity contribution in [2.24, 2.45) is 4.99 Å². The van der Waals surface area contributed by atoms with Crippen LogP contribution in [0, 0.1) is 0 Å². The zero-order chi connectivity index (χ0) is 16.1. The minimum Gasteiger partial charge on any atom is -0.486 e. The van der Waals surface area contributed by atoms with Crippen molar-refractivity contribution in [3.8, 4) is 5.75 Å². The molecule has 120 valence electrons. The Kier molecular flexibility index (Phi) is 4.47. The second-order valence-corrected chi connectivity index (χ2v) is 6.67. The Morgan fingerprint density at radius 1 is 1.13 bits per heavy atom. The van der Waals surface area contributed by atoms with Gasteiger partial charge in [0.05, 0.1) is 17.1 Å². The predicted octanol–water partition coefficient (Wildman–Crippen LogP) is 1.87. The average molecular weight is 331 g/mol. The van der Waals surface area contributed by atoms with Crippen molar-refractivity contribution in [3.05, 3.63) is 54.6 Å². The molecule has 1 heterocycles. The third-order valence-electron chi connectivity index (χ3n) is 3.26. The maximum atomic E-state index is 12.3. The van der Waals surface area contributed by atoms with Crippen LogP contribution in [0.1, 0.15) is 0 Å². The summed E-state index contributed by atoms with van der Waals surface area (Å²) in [5.41, 5.74) is 0.452. The first-order valence-corrected chi connectivity index (χ1v) is 8.70. The van der Waals surface area contributed by atoms with E-state index in [1.165, 1.54) is 0 Å². The van der Waals surface area contributed by atoms with Crippen molar-refractivity contribution in [3.63, 3.8) is 0 Å². The van der Waals surface area contributed by atoms with E-state index in [0.29, 0.717) is 18.0 Å². The number of aliphatic imine (C=N–C) groups is 1. The van der Waals surface area contributed by atoms with E-state index in [1.54, 1.807) is 54.6 Å². The number of hydrogen-bond donors (Lipinski definition) is 2. The van der Waals surface area contributed by atoms with Gasteiger partial charge >= 0.3 is 0 Å². The number of ether oxygens (including phenoxy) is 1. The molecule has 0 bridgehead atoms. The lowest BCUT2D eigenvalue weighted by Gasteiger charge is -2.10. The summed E-state index contributed by atoms with van der Waals surface area (Å²) in [4.78, 5) is 4.46. The maximum Gasteiger partial charge on any atom is 0.261 e. The average Bonchev–Trinajstić information content (AvgIpc) is 3.07. The minimum absolute atomic E-state index is 0.218. The van der Waals surface area contributed by atoms with Crippen LogP contribution in [0.15, 0.2) is 64.5 Å². The van der Waals surface area contributed by atoms with Crippen molar-refractivity contribution in [1.82, 2.24) is 5.32 Å². The summed E-state index contributed by atoms with van der Waals surface area (Å²) >= 11 is 0. The molecule has 0 spiro atoms. The van der Waals surface area contributed by atoms with Crippen LogP contribution in [-0.2, 0) is 10.0 Å². The smallest absolute Gasteiger partial charge is 0.261 e. The number of hydrogen-bond acceptors (Lipinski definition) is 5. The first-order valence-electron chi connectivity index (χ1n) is 7.21. The lowest BCUT2D eigenvalue weighted by atomic mass is 10.3. The Hall–Kier alpha value is -2.54. The highest BCUT2D eigenvalue weighted by atomic mass is 32.2. The Balaban J connectivity index is 1.70. The number of anilines is 1. The van der Waals surface area contributed by atoms with Gasteiger partial charge in [0, 0.05) is 12.6 Å². The molecule has 0 atom stereocenters. The molecule has 3 rings (SSSR count). The second kappa shape index (κ2) is 6.70. The van der Waals surface area contributed by atoms with Crippen molar-refractivity contribution in [1.29, 1.82) is 0 Å². The van der Waals surface area contributed by atoms with Gasteiger partial charge in [-0.25, -0.2) is 8.42 Å². The van der Waals surface area contributed by atoms with Crippen molar-refractivity contribution < 1.29 is 13.2 Å². The van der Waals surface area contributed by atoms with Crippen molar-refractivity contribution >= 4 is 21.5 Å². The van der Waals surface area contributed by atoms with Crippen molar-refractivity contribution in [2.75, 3.05) is 24.4 Å². The SMILES string of the molecule is O=S(=O)(Nc1cccc(OCC2=NCCN2)c1)c1ccccc1. The van der Waals surface area contributed by atoms with Gasteiger partial charge in [-0.05, 0) is 24.3 Å². The molecule has 0 unspecified atom stereocenters. The fraction of sp³-hybridized carbons (Fsp3) is 0.188. The summed E-state index contributed by atoms with van der Waals surface area (Å²) in [6.45, 7) is 1.93. The van der Waals surface area contributed by atoms with E-state index < -0.39 is 10.0 Å². The fourth-order valence-electron chi connectivity index (χ4n) is 2.16. The minimum atomic E-state index is -3.60. The lowest BCUT2D eigenvalue weighted by Crippen LogP contribution is -2.24. The standard InChI is InChI=1S/C16H17N3O3S/c20-23(21,15-7-2-1-3-8-15)19-13-5-4-6-14(11-13)22-12-16-17-9-10-18-16/h1-8,11,19H,9-10,12H2,(H,17,18). The normalized spacial score (nSPS) is 14.0. The topological polar surface area (TPSA) is 79.8 Å².